The van der Waals surface area contributed by atoms with E-state index < -0.39 is 18.2 Å². The maximum absolute atomic E-state index is 12.8. The number of nitrogens with zero attached hydrogens (tertiary/aromatic N) is 2. The lowest BCUT2D eigenvalue weighted by atomic mass is 9.93. The van der Waals surface area contributed by atoms with Crippen molar-refractivity contribution in [3.8, 4) is 0 Å². The summed E-state index contributed by atoms with van der Waals surface area (Å²) in [5.41, 5.74) is 10.5. The van der Waals surface area contributed by atoms with E-state index in [4.69, 9.17) is 11.5 Å². The Labute approximate surface area is 178 Å². The molecule has 0 radical (unpaired) electrons. The standard InChI is InChI=1S/C21H37N5O4/c22-21(23)24-11-5-9-16(14-27)25-19(29)17-10-6-12-26(17)20(30)18(28)13-15-7-3-1-2-4-8-15/h14-18,28H,1-13H2,(H,25,29)(H4,22,23,24)/t16-,17-,18+/m0/s1. The molecule has 0 bridgehead atoms. The summed E-state index contributed by atoms with van der Waals surface area (Å²) in [6.07, 6.45) is 9.13. The van der Waals surface area contributed by atoms with Crippen LogP contribution in [0.15, 0.2) is 4.99 Å². The molecule has 0 aromatic rings. The maximum atomic E-state index is 12.8. The summed E-state index contributed by atoms with van der Waals surface area (Å²) in [5.74, 6) is -0.357. The molecule has 1 saturated carbocycles. The molecule has 0 aromatic carbocycles. The van der Waals surface area contributed by atoms with Gasteiger partial charge in [-0.05, 0) is 38.0 Å². The van der Waals surface area contributed by atoms with Gasteiger partial charge in [-0.2, -0.15) is 0 Å². The summed E-state index contributed by atoms with van der Waals surface area (Å²) >= 11 is 0. The van der Waals surface area contributed by atoms with Gasteiger partial charge in [0, 0.05) is 13.1 Å². The summed E-state index contributed by atoms with van der Waals surface area (Å²) < 4.78 is 0. The Hall–Kier alpha value is -2.16. The first-order valence-electron chi connectivity index (χ1n) is 11.2. The van der Waals surface area contributed by atoms with Gasteiger partial charge in [0.2, 0.25) is 5.91 Å². The number of aliphatic hydroxyl groups excluding tert-OH is 1. The molecule has 9 heteroatoms. The van der Waals surface area contributed by atoms with Crippen molar-refractivity contribution in [3.63, 3.8) is 0 Å². The molecular formula is C21H37N5O4. The minimum atomic E-state index is -1.07. The molecule has 0 unspecified atom stereocenters. The van der Waals surface area contributed by atoms with E-state index in [1.165, 1.54) is 17.7 Å². The van der Waals surface area contributed by atoms with E-state index >= 15 is 0 Å². The number of carbonyl (C=O) groups is 3. The van der Waals surface area contributed by atoms with Gasteiger partial charge in [0.15, 0.2) is 5.96 Å². The van der Waals surface area contributed by atoms with Crippen LogP contribution >= 0.6 is 0 Å². The number of aliphatic hydroxyl groups is 1. The van der Waals surface area contributed by atoms with Crippen LogP contribution in [0.3, 0.4) is 0 Å². The molecule has 0 aromatic heterocycles. The second-order valence-corrected chi connectivity index (χ2v) is 8.50. The molecule has 0 spiro atoms. The third kappa shape index (κ3) is 7.59. The van der Waals surface area contributed by atoms with Gasteiger partial charge in [0.05, 0.1) is 6.04 Å². The Balaban J connectivity index is 1.86. The Morgan fingerprint density at radius 3 is 2.47 bits per heavy atom. The first-order valence-corrected chi connectivity index (χ1v) is 11.2. The molecule has 2 amide bonds. The smallest absolute Gasteiger partial charge is 0.252 e. The third-order valence-electron chi connectivity index (χ3n) is 6.11. The molecule has 2 rings (SSSR count). The van der Waals surface area contributed by atoms with Crippen molar-refractivity contribution in [2.45, 2.75) is 88.8 Å². The summed E-state index contributed by atoms with van der Waals surface area (Å²) in [7, 11) is 0. The zero-order valence-electron chi connectivity index (χ0n) is 17.8. The second kappa shape index (κ2) is 12.5. The number of aliphatic imine (C=N–C) groups is 1. The quantitative estimate of drug-likeness (QED) is 0.132. The first-order chi connectivity index (χ1) is 14.4. The van der Waals surface area contributed by atoms with Crippen LogP contribution in [0.25, 0.3) is 0 Å². The Bertz CT molecular complexity index is 600. The monoisotopic (exact) mass is 423 g/mol. The normalized spacial score (nSPS) is 22.0. The average Bonchev–Trinajstić information content (AvgIpc) is 3.07. The van der Waals surface area contributed by atoms with E-state index in [1.807, 2.05) is 0 Å². The highest BCUT2D eigenvalue weighted by Gasteiger charge is 2.37. The minimum Gasteiger partial charge on any atom is -0.383 e. The zero-order valence-corrected chi connectivity index (χ0v) is 17.8. The molecule has 9 nitrogen and oxygen atoms in total. The van der Waals surface area contributed by atoms with Crippen LogP contribution in [-0.4, -0.2) is 65.3 Å². The summed E-state index contributed by atoms with van der Waals surface area (Å²) in [5, 5.41) is 13.2. The van der Waals surface area contributed by atoms with Crippen LogP contribution in [0.2, 0.25) is 0 Å². The van der Waals surface area contributed by atoms with E-state index in [-0.39, 0.29) is 17.8 Å². The number of aldehydes is 1. The first kappa shape index (κ1) is 24.1. The molecule has 2 fully saturated rings. The molecule has 6 N–H and O–H groups in total. The van der Waals surface area contributed by atoms with Crippen molar-refractivity contribution in [2.24, 2.45) is 22.4 Å². The molecule has 1 aliphatic heterocycles. The summed E-state index contributed by atoms with van der Waals surface area (Å²) in [6.45, 7) is 0.832. The van der Waals surface area contributed by atoms with Crippen molar-refractivity contribution in [1.29, 1.82) is 0 Å². The highest BCUT2D eigenvalue weighted by molar-refractivity contribution is 5.91. The molecule has 30 heavy (non-hydrogen) atoms. The van der Waals surface area contributed by atoms with Gasteiger partial charge in [-0.1, -0.05) is 38.5 Å². The molecule has 3 atom stereocenters. The SMILES string of the molecule is NC(N)=NCCC[C@@H](C=O)NC(=O)[C@@H]1CCCN1C(=O)[C@H](O)CC1CCCCCC1. The largest absolute Gasteiger partial charge is 0.383 e. The van der Waals surface area contributed by atoms with Gasteiger partial charge >= 0.3 is 0 Å². The number of nitrogens with two attached hydrogens (primary N) is 2. The van der Waals surface area contributed by atoms with E-state index in [0.717, 1.165) is 25.7 Å². The minimum absolute atomic E-state index is 0.00999. The number of guanidine groups is 1. The van der Waals surface area contributed by atoms with Gasteiger partial charge in [0.1, 0.15) is 18.4 Å². The van der Waals surface area contributed by atoms with Gasteiger partial charge in [0.25, 0.3) is 5.91 Å². The maximum Gasteiger partial charge on any atom is 0.252 e. The van der Waals surface area contributed by atoms with Crippen molar-refractivity contribution in [1.82, 2.24) is 10.2 Å². The van der Waals surface area contributed by atoms with Gasteiger partial charge in [-0.15, -0.1) is 0 Å². The Morgan fingerprint density at radius 2 is 1.83 bits per heavy atom. The molecule has 2 aliphatic rings. The van der Waals surface area contributed by atoms with E-state index in [9.17, 15) is 19.5 Å². The molecule has 170 valence electrons. The number of rotatable bonds is 10. The van der Waals surface area contributed by atoms with Crippen LogP contribution < -0.4 is 16.8 Å². The van der Waals surface area contributed by atoms with Crippen molar-refractivity contribution in [2.75, 3.05) is 13.1 Å². The highest BCUT2D eigenvalue weighted by Crippen LogP contribution is 2.28. The van der Waals surface area contributed by atoms with Gasteiger partial charge in [-0.3, -0.25) is 14.6 Å². The molecule has 1 heterocycles. The lowest BCUT2D eigenvalue weighted by Crippen LogP contribution is -2.51. The van der Waals surface area contributed by atoms with E-state index in [1.54, 1.807) is 0 Å². The van der Waals surface area contributed by atoms with Crippen LogP contribution in [0.4, 0.5) is 0 Å². The molecular weight excluding hydrogens is 386 g/mol. The van der Waals surface area contributed by atoms with Crippen LogP contribution in [0, 0.1) is 5.92 Å². The predicted molar refractivity (Wildman–Crippen MR) is 114 cm³/mol. The Morgan fingerprint density at radius 1 is 1.13 bits per heavy atom. The van der Waals surface area contributed by atoms with Crippen LogP contribution in [0.5, 0.6) is 0 Å². The third-order valence-corrected chi connectivity index (χ3v) is 6.11. The number of hydrogen-bond acceptors (Lipinski definition) is 5. The number of nitrogens with one attached hydrogen (secondary N) is 1. The fourth-order valence-electron chi connectivity index (χ4n) is 4.48. The number of likely N-dealkylation sites (tertiary alicyclic amines) is 1. The zero-order chi connectivity index (χ0) is 21.9. The highest BCUT2D eigenvalue weighted by atomic mass is 16.3. The van der Waals surface area contributed by atoms with Crippen LogP contribution in [0.1, 0.15) is 70.6 Å². The predicted octanol–water partition coefficient (Wildman–Crippen LogP) is 0.436. The van der Waals surface area contributed by atoms with Crippen LogP contribution in [-0.2, 0) is 14.4 Å². The number of amides is 2. The summed E-state index contributed by atoms with van der Waals surface area (Å²) in [4.78, 5) is 42.2. The van der Waals surface area contributed by atoms with E-state index in [0.29, 0.717) is 57.4 Å². The molecule has 1 saturated heterocycles. The van der Waals surface area contributed by atoms with Crippen molar-refractivity contribution in [3.05, 3.63) is 0 Å². The Kier molecular flexibility index (Phi) is 10.1. The lowest BCUT2D eigenvalue weighted by molar-refractivity contribution is -0.146. The van der Waals surface area contributed by atoms with Crippen molar-refractivity contribution >= 4 is 24.1 Å². The molecule has 1 aliphatic carbocycles. The van der Waals surface area contributed by atoms with Gasteiger partial charge in [-0.25, -0.2) is 0 Å². The number of hydrogen-bond donors (Lipinski definition) is 4. The van der Waals surface area contributed by atoms with Gasteiger partial charge < -0.3 is 31.6 Å². The van der Waals surface area contributed by atoms with E-state index in [2.05, 4.69) is 10.3 Å². The second-order valence-electron chi connectivity index (χ2n) is 8.50. The topological polar surface area (TPSA) is 151 Å². The lowest BCUT2D eigenvalue weighted by Gasteiger charge is -2.28. The van der Waals surface area contributed by atoms with Crippen molar-refractivity contribution < 1.29 is 19.5 Å². The fraction of sp³-hybridized carbons (Fsp3) is 0.810. The summed E-state index contributed by atoms with van der Waals surface area (Å²) in [6, 6.07) is -1.29. The number of carbonyl (C=O) groups excluding carboxylic acids is 3. The fourth-order valence-corrected chi connectivity index (χ4v) is 4.48. The average molecular weight is 424 g/mol.